The lowest BCUT2D eigenvalue weighted by molar-refractivity contribution is 0.253. The van der Waals surface area contributed by atoms with E-state index in [-0.39, 0.29) is 4.90 Å². The summed E-state index contributed by atoms with van der Waals surface area (Å²) in [6, 6.07) is 2.25. The molecule has 0 saturated carbocycles. The van der Waals surface area contributed by atoms with Gasteiger partial charge in [0.15, 0.2) is 0 Å². The van der Waals surface area contributed by atoms with Crippen molar-refractivity contribution in [3.63, 3.8) is 0 Å². The third-order valence-electron chi connectivity index (χ3n) is 3.28. The average Bonchev–Trinajstić information content (AvgIpc) is 2.34. The fourth-order valence-electron chi connectivity index (χ4n) is 2.32. The first kappa shape index (κ1) is 16.5. The van der Waals surface area contributed by atoms with Gasteiger partial charge in [-0.2, -0.15) is 0 Å². The van der Waals surface area contributed by atoms with E-state index in [1.54, 1.807) is 6.07 Å². The van der Waals surface area contributed by atoms with Crippen molar-refractivity contribution < 1.29 is 13.2 Å². The summed E-state index contributed by atoms with van der Waals surface area (Å²) in [7, 11) is -3.89. The number of nitrogens with two attached hydrogens (primary N) is 1. The summed E-state index contributed by atoms with van der Waals surface area (Å²) in [6.45, 7) is 5.98. The molecule has 0 atom stereocenters. The van der Waals surface area contributed by atoms with Gasteiger partial charge in [0.05, 0.1) is 4.90 Å². The van der Waals surface area contributed by atoms with Crippen molar-refractivity contribution in [2.24, 2.45) is 5.73 Å². The van der Waals surface area contributed by atoms with Gasteiger partial charge in [-0.3, -0.25) is 0 Å². The Kier molecular flexibility index (Phi) is 5.56. The van der Waals surface area contributed by atoms with Gasteiger partial charge in [-0.1, -0.05) is 26.3 Å². The Balaban J connectivity index is 3.38. The summed E-state index contributed by atoms with van der Waals surface area (Å²) in [5, 5.41) is 0. The number of sulfonamides is 1. The molecule has 0 spiro atoms. The van der Waals surface area contributed by atoms with E-state index >= 15 is 0 Å². The van der Waals surface area contributed by atoms with Crippen LogP contribution in [-0.2, 0) is 22.9 Å². The Hall–Kier alpha value is -1.56. The standard InChI is InChI=1S/C14H22N2O3S/c1-4-6-7-12-10(3)8-9-13(11(12)5-2)20(18,19)16-14(15)17/h8-9H,4-7H2,1-3H3,(H3,15,16,17). The topological polar surface area (TPSA) is 89.3 Å². The molecular formula is C14H22N2O3S. The summed E-state index contributed by atoms with van der Waals surface area (Å²) < 4.78 is 26.1. The summed E-state index contributed by atoms with van der Waals surface area (Å²) in [4.78, 5) is 11.0. The van der Waals surface area contributed by atoms with Gasteiger partial charge in [0, 0.05) is 0 Å². The zero-order chi connectivity index (χ0) is 15.3. The minimum atomic E-state index is -3.89. The number of urea groups is 1. The van der Waals surface area contributed by atoms with E-state index in [9.17, 15) is 13.2 Å². The molecule has 6 heteroatoms. The van der Waals surface area contributed by atoms with Crippen LogP contribution < -0.4 is 10.5 Å². The molecule has 0 fully saturated rings. The molecule has 112 valence electrons. The molecule has 1 aromatic carbocycles. The van der Waals surface area contributed by atoms with Gasteiger partial charge in [-0.25, -0.2) is 17.9 Å². The van der Waals surface area contributed by atoms with Crippen LogP contribution in [0.5, 0.6) is 0 Å². The van der Waals surface area contributed by atoms with Gasteiger partial charge in [-0.15, -0.1) is 0 Å². The Morgan fingerprint density at radius 2 is 1.90 bits per heavy atom. The van der Waals surface area contributed by atoms with Gasteiger partial charge in [-0.05, 0) is 48.9 Å². The smallest absolute Gasteiger partial charge is 0.326 e. The van der Waals surface area contributed by atoms with Gasteiger partial charge >= 0.3 is 6.03 Å². The molecule has 0 saturated heterocycles. The van der Waals surface area contributed by atoms with Gasteiger partial charge in [0.25, 0.3) is 10.0 Å². The van der Waals surface area contributed by atoms with E-state index in [0.29, 0.717) is 6.42 Å². The Bertz CT molecular complexity index is 595. The van der Waals surface area contributed by atoms with Crippen LogP contribution in [0.2, 0.25) is 0 Å². The third-order valence-corrected chi connectivity index (χ3v) is 4.71. The predicted octanol–water partition coefficient (Wildman–Crippen LogP) is 2.26. The number of hydrogen-bond acceptors (Lipinski definition) is 3. The van der Waals surface area contributed by atoms with E-state index in [2.05, 4.69) is 6.92 Å². The van der Waals surface area contributed by atoms with Crippen LogP contribution in [0, 0.1) is 6.92 Å². The zero-order valence-electron chi connectivity index (χ0n) is 12.2. The summed E-state index contributed by atoms with van der Waals surface area (Å²) >= 11 is 0. The van der Waals surface area contributed by atoms with E-state index in [1.807, 2.05) is 18.6 Å². The SMILES string of the molecule is CCCCc1c(C)ccc(S(=O)(=O)NC(N)=O)c1CC. The molecular weight excluding hydrogens is 276 g/mol. The van der Waals surface area contributed by atoms with E-state index < -0.39 is 16.1 Å². The van der Waals surface area contributed by atoms with Gasteiger partial charge < -0.3 is 5.73 Å². The van der Waals surface area contributed by atoms with Crippen molar-refractivity contribution in [3.05, 3.63) is 28.8 Å². The molecule has 5 nitrogen and oxygen atoms in total. The van der Waals surface area contributed by atoms with E-state index in [4.69, 9.17) is 5.73 Å². The summed E-state index contributed by atoms with van der Waals surface area (Å²) in [5.41, 5.74) is 7.83. The molecule has 0 aliphatic carbocycles. The first-order valence-corrected chi connectivity index (χ1v) is 8.25. The normalized spacial score (nSPS) is 11.3. The number of rotatable bonds is 6. The summed E-state index contributed by atoms with van der Waals surface area (Å²) in [5.74, 6) is 0. The zero-order valence-corrected chi connectivity index (χ0v) is 13.0. The molecule has 0 radical (unpaired) electrons. The Morgan fingerprint density at radius 1 is 1.25 bits per heavy atom. The van der Waals surface area contributed by atoms with Crippen LogP contribution in [0.1, 0.15) is 43.4 Å². The quantitative estimate of drug-likeness (QED) is 0.844. The van der Waals surface area contributed by atoms with Gasteiger partial charge in [0.1, 0.15) is 0 Å². The molecule has 3 N–H and O–H groups in total. The number of hydrogen-bond donors (Lipinski definition) is 2. The average molecular weight is 298 g/mol. The van der Waals surface area contributed by atoms with Crippen molar-refractivity contribution >= 4 is 16.1 Å². The first-order valence-electron chi connectivity index (χ1n) is 6.77. The van der Waals surface area contributed by atoms with Crippen LogP contribution in [0.4, 0.5) is 4.79 Å². The highest BCUT2D eigenvalue weighted by Crippen LogP contribution is 2.25. The lowest BCUT2D eigenvalue weighted by Crippen LogP contribution is -2.35. The molecule has 0 heterocycles. The summed E-state index contributed by atoms with van der Waals surface area (Å²) in [6.07, 6.45) is 3.47. The maximum absolute atomic E-state index is 12.1. The van der Waals surface area contributed by atoms with Crippen molar-refractivity contribution in [1.82, 2.24) is 4.72 Å². The van der Waals surface area contributed by atoms with Crippen LogP contribution in [0.25, 0.3) is 0 Å². The lowest BCUT2D eigenvalue weighted by atomic mass is 9.95. The van der Waals surface area contributed by atoms with Gasteiger partial charge in [0.2, 0.25) is 0 Å². The molecule has 1 rings (SSSR count). The van der Waals surface area contributed by atoms with Crippen LogP contribution >= 0.6 is 0 Å². The molecule has 0 unspecified atom stereocenters. The maximum atomic E-state index is 12.1. The first-order chi connectivity index (χ1) is 9.33. The number of carbonyl (C=O) groups is 1. The van der Waals surface area contributed by atoms with Crippen molar-refractivity contribution in [1.29, 1.82) is 0 Å². The number of aryl methyl sites for hydroxylation is 1. The predicted molar refractivity (Wildman–Crippen MR) is 79.1 cm³/mol. The van der Waals surface area contributed by atoms with Crippen molar-refractivity contribution in [3.8, 4) is 0 Å². The van der Waals surface area contributed by atoms with Crippen LogP contribution in [0.3, 0.4) is 0 Å². The molecule has 0 aliphatic heterocycles. The van der Waals surface area contributed by atoms with Crippen LogP contribution in [-0.4, -0.2) is 14.4 Å². The molecule has 0 aliphatic rings. The monoisotopic (exact) mass is 298 g/mol. The second kappa shape index (κ2) is 6.74. The second-order valence-electron chi connectivity index (χ2n) is 4.76. The number of benzene rings is 1. The van der Waals surface area contributed by atoms with E-state index in [0.717, 1.165) is 36.0 Å². The molecule has 2 amide bonds. The maximum Gasteiger partial charge on any atom is 0.326 e. The Labute approximate surface area is 120 Å². The number of amides is 2. The second-order valence-corrected chi connectivity index (χ2v) is 6.42. The van der Waals surface area contributed by atoms with Crippen molar-refractivity contribution in [2.75, 3.05) is 0 Å². The lowest BCUT2D eigenvalue weighted by Gasteiger charge is -2.16. The fraction of sp³-hybridized carbons (Fsp3) is 0.500. The third kappa shape index (κ3) is 3.72. The molecule has 0 bridgehead atoms. The van der Waals surface area contributed by atoms with Crippen LogP contribution in [0.15, 0.2) is 17.0 Å². The number of carbonyl (C=O) groups excluding carboxylic acids is 1. The van der Waals surface area contributed by atoms with E-state index in [1.165, 1.54) is 6.07 Å². The highest BCUT2D eigenvalue weighted by atomic mass is 32.2. The largest absolute Gasteiger partial charge is 0.351 e. The fourth-order valence-corrected chi connectivity index (χ4v) is 3.53. The number of primary amides is 1. The number of nitrogens with one attached hydrogen (secondary N) is 1. The molecule has 20 heavy (non-hydrogen) atoms. The van der Waals surface area contributed by atoms with Crippen molar-refractivity contribution in [2.45, 2.75) is 51.3 Å². The molecule has 0 aromatic heterocycles. The minimum Gasteiger partial charge on any atom is -0.351 e. The molecule has 1 aromatic rings. The number of unbranched alkanes of at least 4 members (excludes halogenated alkanes) is 1. The Morgan fingerprint density at radius 3 is 2.40 bits per heavy atom. The highest BCUT2D eigenvalue weighted by molar-refractivity contribution is 7.90. The highest BCUT2D eigenvalue weighted by Gasteiger charge is 2.22. The minimum absolute atomic E-state index is 0.149.